The fourth-order valence-electron chi connectivity index (χ4n) is 3.42. The van der Waals surface area contributed by atoms with E-state index in [2.05, 4.69) is 126 Å². The molecular weight excluding hydrogens is 406 g/mol. The summed E-state index contributed by atoms with van der Waals surface area (Å²) in [6.07, 6.45) is 0. The predicted molar refractivity (Wildman–Crippen MR) is 124 cm³/mol. The Morgan fingerprint density at radius 1 is 0.571 bits per heavy atom. The van der Waals surface area contributed by atoms with Crippen LogP contribution < -0.4 is 4.90 Å². The predicted octanol–water partition coefficient (Wildman–Crippen LogP) is 8.20. The van der Waals surface area contributed by atoms with E-state index in [-0.39, 0.29) is 0 Å². The molecule has 138 valence electrons. The molecule has 0 radical (unpaired) electrons. The van der Waals surface area contributed by atoms with Gasteiger partial charge in [-0.2, -0.15) is 0 Å². The van der Waals surface area contributed by atoms with Gasteiger partial charge in [-0.05, 0) is 78.6 Å². The molecule has 1 nitrogen and oxygen atoms in total. The lowest BCUT2D eigenvalue weighted by Crippen LogP contribution is -2.10. The summed E-state index contributed by atoms with van der Waals surface area (Å²) in [6.45, 7) is 4.26. The van der Waals surface area contributed by atoms with Gasteiger partial charge >= 0.3 is 0 Å². The summed E-state index contributed by atoms with van der Waals surface area (Å²) in [6, 6.07) is 34.4. The molecule has 2 heteroatoms. The van der Waals surface area contributed by atoms with E-state index in [4.69, 9.17) is 0 Å². The van der Waals surface area contributed by atoms with E-state index in [1.807, 2.05) is 6.07 Å². The van der Waals surface area contributed by atoms with Crippen molar-refractivity contribution in [3.8, 4) is 11.1 Å². The van der Waals surface area contributed by atoms with Crippen LogP contribution in [0.25, 0.3) is 11.1 Å². The molecule has 0 unspecified atom stereocenters. The molecule has 0 saturated heterocycles. The van der Waals surface area contributed by atoms with Crippen LogP contribution >= 0.6 is 15.9 Å². The van der Waals surface area contributed by atoms with Crippen molar-refractivity contribution in [2.24, 2.45) is 0 Å². The number of nitrogens with zero attached hydrogens (tertiary/aromatic N) is 1. The van der Waals surface area contributed by atoms with Crippen molar-refractivity contribution in [2.75, 3.05) is 4.90 Å². The molecule has 0 aliphatic heterocycles. The highest BCUT2D eigenvalue weighted by molar-refractivity contribution is 9.10. The minimum Gasteiger partial charge on any atom is -0.310 e. The lowest BCUT2D eigenvalue weighted by molar-refractivity contribution is 1.26. The van der Waals surface area contributed by atoms with E-state index in [0.29, 0.717) is 0 Å². The number of rotatable bonds is 4. The zero-order valence-electron chi connectivity index (χ0n) is 16.1. The van der Waals surface area contributed by atoms with Gasteiger partial charge in [0, 0.05) is 21.5 Å². The van der Waals surface area contributed by atoms with E-state index in [9.17, 15) is 0 Å². The second kappa shape index (κ2) is 8.04. The van der Waals surface area contributed by atoms with Crippen molar-refractivity contribution in [1.29, 1.82) is 0 Å². The standard InChI is InChI=1S/C26H22BrN/c1-19-7-6-10-24(17-19)28(25-15-16-26(27)20(2)18-25)23-13-11-22(12-14-23)21-8-4-3-5-9-21/h3-18H,1-2H3. The Morgan fingerprint density at radius 3 is 1.89 bits per heavy atom. The highest BCUT2D eigenvalue weighted by Crippen LogP contribution is 2.37. The Hall–Kier alpha value is -2.84. The summed E-state index contributed by atoms with van der Waals surface area (Å²) >= 11 is 3.62. The van der Waals surface area contributed by atoms with Gasteiger partial charge in [0.25, 0.3) is 0 Å². The maximum absolute atomic E-state index is 3.62. The fraction of sp³-hybridized carbons (Fsp3) is 0.0769. The minimum absolute atomic E-state index is 1.12. The Bertz CT molecular complexity index is 1080. The molecule has 0 spiro atoms. The van der Waals surface area contributed by atoms with Crippen LogP contribution in [0.1, 0.15) is 11.1 Å². The normalized spacial score (nSPS) is 10.7. The Balaban J connectivity index is 1.80. The van der Waals surface area contributed by atoms with Crippen molar-refractivity contribution < 1.29 is 0 Å². The van der Waals surface area contributed by atoms with Gasteiger partial charge in [0.2, 0.25) is 0 Å². The largest absolute Gasteiger partial charge is 0.310 e. The first-order chi connectivity index (χ1) is 13.6. The number of hydrogen-bond donors (Lipinski definition) is 0. The highest BCUT2D eigenvalue weighted by Gasteiger charge is 2.13. The van der Waals surface area contributed by atoms with Crippen molar-refractivity contribution in [2.45, 2.75) is 13.8 Å². The summed E-state index contributed by atoms with van der Waals surface area (Å²) in [5, 5.41) is 0. The molecule has 0 aliphatic carbocycles. The zero-order valence-corrected chi connectivity index (χ0v) is 17.6. The smallest absolute Gasteiger partial charge is 0.0465 e. The molecule has 0 bridgehead atoms. The topological polar surface area (TPSA) is 3.24 Å². The van der Waals surface area contributed by atoms with Crippen LogP contribution in [0.5, 0.6) is 0 Å². The van der Waals surface area contributed by atoms with Crippen molar-refractivity contribution >= 4 is 33.0 Å². The molecule has 0 saturated carbocycles. The molecule has 0 aliphatic rings. The highest BCUT2D eigenvalue weighted by atomic mass is 79.9. The molecule has 0 fully saturated rings. The summed E-state index contributed by atoms with van der Waals surface area (Å²) in [5.74, 6) is 0. The van der Waals surface area contributed by atoms with Crippen LogP contribution in [-0.2, 0) is 0 Å². The first-order valence-electron chi connectivity index (χ1n) is 9.40. The van der Waals surface area contributed by atoms with Gasteiger partial charge in [-0.15, -0.1) is 0 Å². The van der Waals surface area contributed by atoms with Gasteiger partial charge in [-0.25, -0.2) is 0 Å². The Kier molecular flexibility index (Phi) is 5.31. The van der Waals surface area contributed by atoms with Crippen LogP contribution in [0.2, 0.25) is 0 Å². The van der Waals surface area contributed by atoms with Crippen LogP contribution in [-0.4, -0.2) is 0 Å². The molecule has 0 N–H and O–H groups in total. The van der Waals surface area contributed by atoms with Crippen molar-refractivity contribution in [3.05, 3.63) is 113 Å². The third kappa shape index (κ3) is 3.88. The number of halogens is 1. The van der Waals surface area contributed by atoms with E-state index in [1.165, 1.54) is 22.3 Å². The third-order valence-electron chi connectivity index (χ3n) is 4.89. The molecule has 0 atom stereocenters. The average Bonchev–Trinajstić information content (AvgIpc) is 2.72. The van der Waals surface area contributed by atoms with Crippen LogP contribution in [0, 0.1) is 13.8 Å². The monoisotopic (exact) mass is 427 g/mol. The second-order valence-electron chi connectivity index (χ2n) is 7.02. The lowest BCUT2D eigenvalue weighted by atomic mass is 10.0. The number of hydrogen-bond acceptors (Lipinski definition) is 1. The van der Waals surface area contributed by atoms with Gasteiger partial charge in [-0.1, -0.05) is 70.5 Å². The summed E-state index contributed by atoms with van der Waals surface area (Å²) in [7, 11) is 0. The lowest BCUT2D eigenvalue weighted by Gasteiger charge is -2.26. The fourth-order valence-corrected chi connectivity index (χ4v) is 3.66. The molecular formula is C26H22BrN. The summed E-state index contributed by atoms with van der Waals surface area (Å²) < 4.78 is 1.12. The molecule has 0 aromatic heterocycles. The van der Waals surface area contributed by atoms with E-state index < -0.39 is 0 Å². The average molecular weight is 428 g/mol. The van der Waals surface area contributed by atoms with E-state index in [0.717, 1.165) is 21.5 Å². The summed E-state index contributed by atoms with van der Waals surface area (Å²) in [5.41, 5.74) is 8.38. The molecule has 4 rings (SSSR count). The van der Waals surface area contributed by atoms with Crippen molar-refractivity contribution in [3.63, 3.8) is 0 Å². The molecule has 0 heterocycles. The van der Waals surface area contributed by atoms with E-state index in [1.54, 1.807) is 0 Å². The maximum atomic E-state index is 3.62. The van der Waals surface area contributed by atoms with E-state index >= 15 is 0 Å². The van der Waals surface area contributed by atoms with Crippen LogP contribution in [0.15, 0.2) is 102 Å². The summed E-state index contributed by atoms with van der Waals surface area (Å²) in [4.78, 5) is 2.31. The Labute approximate surface area is 175 Å². The maximum Gasteiger partial charge on any atom is 0.0465 e. The molecule has 28 heavy (non-hydrogen) atoms. The minimum atomic E-state index is 1.12. The zero-order chi connectivity index (χ0) is 19.5. The first-order valence-corrected chi connectivity index (χ1v) is 10.2. The molecule has 0 amide bonds. The SMILES string of the molecule is Cc1cccc(N(c2ccc(-c3ccccc3)cc2)c2ccc(Br)c(C)c2)c1. The van der Waals surface area contributed by atoms with Crippen LogP contribution in [0.4, 0.5) is 17.1 Å². The quantitative estimate of drug-likeness (QED) is 0.317. The number of anilines is 3. The van der Waals surface area contributed by atoms with Crippen molar-refractivity contribution in [1.82, 2.24) is 0 Å². The van der Waals surface area contributed by atoms with Gasteiger partial charge in [0.15, 0.2) is 0 Å². The third-order valence-corrected chi connectivity index (χ3v) is 5.78. The van der Waals surface area contributed by atoms with Gasteiger partial charge in [0.05, 0.1) is 0 Å². The second-order valence-corrected chi connectivity index (χ2v) is 7.88. The Morgan fingerprint density at radius 2 is 1.21 bits per heavy atom. The van der Waals surface area contributed by atoms with Gasteiger partial charge < -0.3 is 4.90 Å². The number of benzene rings is 4. The molecule has 4 aromatic rings. The first kappa shape index (κ1) is 18.5. The van der Waals surface area contributed by atoms with Crippen LogP contribution in [0.3, 0.4) is 0 Å². The number of aryl methyl sites for hydroxylation is 2. The van der Waals surface area contributed by atoms with Gasteiger partial charge in [-0.3, -0.25) is 0 Å². The van der Waals surface area contributed by atoms with Gasteiger partial charge in [0.1, 0.15) is 0 Å². The molecule has 4 aromatic carbocycles.